The Balaban J connectivity index is 0.000000120. The van der Waals surface area contributed by atoms with Gasteiger partial charge >= 0.3 is 0 Å². The van der Waals surface area contributed by atoms with Crippen LogP contribution in [-0.4, -0.2) is 109 Å². The fraction of sp³-hybridized carbons (Fsp3) is 0.189. The first kappa shape index (κ1) is 89.7. The number of phenolic OH excluding ortho intramolecular Hbond substituents is 12. The fourth-order valence-electron chi connectivity index (χ4n) is 18.7. The zero-order valence-corrected chi connectivity index (χ0v) is 73.2. The summed E-state index contributed by atoms with van der Waals surface area (Å²) in [7, 11) is 3.11. The highest BCUT2D eigenvalue weighted by molar-refractivity contribution is 5.60. The SMILES string of the molecule is COc1ccc(C2c3ccc(O)cc3OCC2c2ccc(O)cc2)cc1C.COc1ccc(C2c3ccc(O)cc3OCC2c2ccc(O)cc2)cc1F.Cc1c(O)ccc2c1OCC(c1ccc(O)cc1)C2c1ccc(O)cc1.Cc1cc(C2c3ccc(O)cc3OCC2c2ccc(O)cc2)ccc1F.Cc1cc(C2c3ccc(O)cc3OCC2c2ccc(O)cc2)ccc1O. The molecule has 0 amide bonds. The molecule has 0 saturated carbocycles. The predicted molar refractivity (Wildman–Crippen MR) is 499 cm³/mol. The summed E-state index contributed by atoms with van der Waals surface area (Å²) >= 11 is 0. The molecule has 0 radical (unpaired) electrons. The Kier molecular flexibility index (Phi) is 26.6. The molecule has 0 aromatic heterocycles. The van der Waals surface area contributed by atoms with E-state index in [0.717, 1.165) is 106 Å². The highest BCUT2D eigenvalue weighted by Gasteiger charge is 2.40. The van der Waals surface area contributed by atoms with Crippen molar-refractivity contribution in [2.75, 3.05) is 47.3 Å². The van der Waals surface area contributed by atoms with E-state index in [1.54, 1.807) is 154 Å². The fourth-order valence-corrected chi connectivity index (χ4v) is 18.7. The van der Waals surface area contributed by atoms with Crippen molar-refractivity contribution in [3.05, 3.63) is 421 Å². The van der Waals surface area contributed by atoms with E-state index in [0.29, 0.717) is 61.6 Å². The largest absolute Gasteiger partial charge is 0.508 e. The van der Waals surface area contributed by atoms with Crippen LogP contribution in [-0.2, 0) is 0 Å². The molecule has 672 valence electrons. The van der Waals surface area contributed by atoms with Crippen LogP contribution in [0, 0.1) is 39.3 Å². The molecule has 20 rings (SSSR count). The van der Waals surface area contributed by atoms with Gasteiger partial charge in [0.25, 0.3) is 0 Å². The van der Waals surface area contributed by atoms with E-state index in [-0.39, 0.29) is 140 Å². The van der Waals surface area contributed by atoms with Gasteiger partial charge in [0.15, 0.2) is 11.6 Å². The maximum absolute atomic E-state index is 14.4. The summed E-state index contributed by atoms with van der Waals surface area (Å²) in [4.78, 5) is 0. The Morgan fingerprint density at radius 2 is 0.485 bits per heavy atom. The average molecular weight is 1780 g/mol. The van der Waals surface area contributed by atoms with E-state index in [2.05, 4.69) is 12.1 Å². The van der Waals surface area contributed by atoms with E-state index in [9.17, 15) is 70.1 Å². The van der Waals surface area contributed by atoms with E-state index >= 15 is 0 Å². The van der Waals surface area contributed by atoms with Crippen LogP contribution < -0.4 is 33.2 Å². The molecule has 10 unspecified atom stereocenters. The van der Waals surface area contributed by atoms with Crippen LogP contribution in [0.15, 0.2) is 303 Å². The summed E-state index contributed by atoms with van der Waals surface area (Å²) in [5, 5.41) is 117. The first-order chi connectivity index (χ1) is 63.7. The number of hydrogen-bond acceptors (Lipinski definition) is 19. The molecule has 0 spiro atoms. The smallest absolute Gasteiger partial charge is 0.165 e. The zero-order valence-electron chi connectivity index (χ0n) is 73.2. The van der Waals surface area contributed by atoms with Crippen LogP contribution in [0.2, 0.25) is 0 Å². The maximum atomic E-state index is 14.4. The van der Waals surface area contributed by atoms with Crippen molar-refractivity contribution in [2.24, 2.45) is 0 Å². The van der Waals surface area contributed by atoms with Gasteiger partial charge in [-0.05, 0) is 233 Å². The molecule has 0 bridgehead atoms. The number of halogens is 2. The van der Waals surface area contributed by atoms with Crippen molar-refractivity contribution in [2.45, 2.75) is 86.9 Å². The van der Waals surface area contributed by atoms with E-state index < -0.39 is 5.82 Å². The standard InChI is InChI=1S/C23H22O4.C22H19FO4.C22H19FO3.2C22H20O4/c1-14-11-16(5-10-21(14)26-2)23-19-9-8-18(25)12-22(19)27-13-20(23)15-3-6-17(24)7-4-15;1-26-20-9-4-14(10-19(20)23)22-17-8-7-16(25)11-21(17)27-12-18(22)13-2-5-15(24)6-3-13;1-13-10-15(4-9-20(13)23)22-18-8-7-17(25)11-21(18)26-12-19(22)14-2-5-16(24)6-3-14;1-13-20(25)11-10-18-21(15-4-8-17(24)9-5-15)19(12-26-22(13)18)14-2-6-16(23)7-3-14;1-13-10-15(4-9-20(13)25)22-18-8-7-17(24)11-21(18)26-12-19(22)14-2-5-16(23)6-3-14/h3-12,20,23-25H,13H2,1-2H3;2-11,18,22,24-25H,12H2,1H3;2-11,19,22,24-25H,12H2,1H3;2-11,19,21,23-25H,12H2,1H3;2-11,19,22-25H,12H2,1H3. The molecule has 15 aromatic rings. The minimum atomic E-state index is -0.425. The lowest BCUT2D eigenvalue weighted by Crippen LogP contribution is -2.25. The molecular weight excluding hydrogens is 1680 g/mol. The molecule has 5 heterocycles. The number of phenols is 12. The van der Waals surface area contributed by atoms with Crippen LogP contribution in [0.4, 0.5) is 8.78 Å². The van der Waals surface area contributed by atoms with Crippen molar-refractivity contribution in [1.29, 1.82) is 0 Å². The Morgan fingerprint density at radius 3 is 0.803 bits per heavy atom. The number of hydrogen-bond donors (Lipinski definition) is 12. The molecule has 132 heavy (non-hydrogen) atoms. The minimum absolute atomic E-state index is 0.0116. The Bertz CT molecular complexity index is 6230. The first-order valence-corrected chi connectivity index (χ1v) is 43.3. The highest BCUT2D eigenvalue weighted by Crippen LogP contribution is 2.55. The third kappa shape index (κ3) is 19.5. The number of rotatable bonds is 12. The molecular formula is C111H100F2O19. The zero-order chi connectivity index (χ0) is 92.7. The predicted octanol–water partition coefficient (Wildman–Crippen LogP) is 23.0. The lowest BCUT2D eigenvalue weighted by Gasteiger charge is -2.35. The molecule has 10 atom stereocenters. The van der Waals surface area contributed by atoms with Gasteiger partial charge in [-0.1, -0.05) is 146 Å². The summed E-state index contributed by atoms with van der Waals surface area (Å²) in [6.45, 7) is 9.76. The van der Waals surface area contributed by atoms with E-state index in [1.807, 2.05) is 160 Å². The topological polar surface area (TPSA) is 307 Å². The molecule has 19 nitrogen and oxygen atoms in total. The van der Waals surface area contributed by atoms with Gasteiger partial charge in [0.1, 0.15) is 109 Å². The highest BCUT2D eigenvalue weighted by atomic mass is 19.1. The quantitative estimate of drug-likeness (QED) is 0.0541. The van der Waals surface area contributed by atoms with Gasteiger partial charge in [0.2, 0.25) is 0 Å². The van der Waals surface area contributed by atoms with Crippen molar-refractivity contribution in [3.8, 4) is 109 Å². The van der Waals surface area contributed by atoms with Crippen LogP contribution >= 0.6 is 0 Å². The van der Waals surface area contributed by atoms with Crippen molar-refractivity contribution in [3.63, 3.8) is 0 Å². The lowest BCUT2D eigenvalue weighted by atomic mass is 9.75. The van der Waals surface area contributed by atoms with Crippen molar-refractivity contribution >= 4 is 0 Å². The number of aryl methyl sites for hydroxylation is 3. The summed E-state index contributed by atoms with van der Waals surface area (Å²) in [6.07, 6.45) is 0. The normalized spacial score (nSPS) is 18.7. The Hall–Kier alpha value is -15.6. The second-order valence-corrected chi connectivity index (χ2v) is 33.7. The summed E-state index contributed by atoms with van der Waals surface area (Å²) in [5.74, 6) is 6.25. The van der Waals surface area contributed by atoms with Crippen molar-refractivity contribution < 1.29 is 103 Å². The van der Waals surface area contributed by atoms with Gasteiger partial charge in [0, 0.05) is 117 Å². The molecule has 5 aliphatic heterocycles. The second kappa shape index (κ2) is 39.1. The average Bonchev–Trinajstić information content (AvgIpc) is 0.773. The number of benzene rings is 15. The van der Waals surface area contributed by atoms with Gasteiger partial charge in [-0.2, -0.15) is 0 Å². The molecule has 12 N–H and O–H groups in total. The monoisotopic (exact) mass is 1770 g/mol. The van der Waals surface area contributed by atoms with Gasteiger partial charge in [-0.3, -0.25) is 0 Å². The van der Waals surface area contributed by atoms with Crippen LogP contribution in [0.3, 0.4) is 0 Å². The van der Waals surface area contributed by atoms with Gasteiger partial charge in [-0.15, -0.1) is 0 Å². The Labute approximate surface area is 763 Å². The Morgan fingerprint density at radius 1 is 0.227 bits per heavy atom. The molecule has 0 saturated heterocycles. The van der Waals surface area contributed by atoms with Crippen LogP contribution in [0.1, 0.15) is 165 Å². The number of fused-ring (bicyclic) bond motifs is 5. The number of aromatic hydroxyl groups is 12. The van der Waals surface area contributed by atoms with Gasteiger partial charge in [-0.25, -0.2) is 8.78 Å². The minimum Gasteiger partial charge on any atom is -0.508 e. The van der Waals surface area contributed by atoms with E-state index in [4.69, 9.17) is 33.2 Å². The van der Waals surface area contributed by atoms with Crippen molar-refractivity contribution in [1.82, 2.24) is 0 Å². The van der Waals surface area contributed by atoms with Crippen LogP contribution in [0.25, 0.3) is 0 Å². The molecule has 15 aromatic carbocycles. The van der Waals surface area contributed by atoms with Crippen LogP contribution in [0.5, 0.6) is 109 Å². The summed E-state index contributed by atoms with van der Waals surface area (Å²) in [5.41, 5.74) is 18.5. The van der Waals surface area contributed by atoms with Gasteiger partial charge < -0.3 is 94.4 Å². The first-order valence-electron chi connectivity index (χ1n) is 43.3. The third-order valence-corrected chi connectivity index (χ3v) is 25.5. The second-order valence-electron chi connectivity index (χ2n) is 33.7. The lowest BCUT2D eigenvalue weighted by molar-refractivity contribution is 0.245. The molecule has 0 aliphatic carbocycles. The summed E-state index contributed by atoms with van der Waals surface area (Å²) < 4.78 is 68.4. The third-order valence-electron chi connectivity index (χ3n) is 25.5. The summed E-state index contributed by atoms with van der Waals surface area (Å²) in [6, 6.07) is 89.2. The number of ether oxygens (including phenoxy) is 7. The van der Waals surface area contributed by atoms with Gasteiger partial charge in [0.05, 0.1) is 47.3 Å². The molecule has 5 aliphatic rings. The maximum Gasteiger partial charge on any atom is 0.165 e. The number of methoxy groups -OCH3 is 2. The molecule has 21 heteroatoms. The molecule has 0 fully saturated rings. The van der Waals surface area contributed by atoms with E-state index in [1.165, 1.54) is 24.8 Å².